The lowest BCUT2D eigenvalue weighted by atomic mass is 10.1. The summed E-state index contributed by atoms with van der Waals surface area (Å²) in [6, 6.07) is 5.51. The Balaban J connectivity index is 1.90. The minimum atomic E-state index is -0.213. The fourth-order valence-electron chi connectivity index (χ4n) is 2.22. The Labute approximate surface area is 120 Å². The highest BCUT2D eigenvalue weighted by molar-refractivity contribution is 7.16. The van der Waals surface area contributed by atoms with E-state index >= 15 is 0 Å². The molecular weight excluding hydrogens is 272 g/mol. The highest BCUT2D eigenvalue weighted by Crippen LogP contribution is 2.34. The number of anilines is 1. The van der Waals surface area contributed by atoms with Crippen LogP contribution in [0.5, 0.6) is 0 Å². The normalized spacial score (nSPS) is 13.3. The minimum absolute atomic E-state index is 0.213. The summed E-state index contributed by atoms with van der Waals surface area (Å²) in [5.74, 6) is -0.213. The largest absolute Gasteiger partial charge is 0.312 e. The predicted octanol–water partition coefficient (Wildman–Crippen LogP) is 1.91. The zero-order valence-electron chi connectivity index (χ0n) is 10.6. The summed E-state index contributed by atoms with van der Waals surface area (Å²) >= 11 is 1.48. The van der Waals surface area contributed by atoms with Gasteiger partial charge in [0.05, 0.1) is 5.56 Å². The molecular formula is C14H12N4OS. The fourth-order valence-corrected chi connectivity index (χ4v) is 3.38. The molecule has 0 aliphatic carbocycles. The van der Waals surface area contributed by atoms with Crippen LogP contribution in [0.15, 0.2) is 24.5 Å². The molecule has 0 bridgehead atoms. The van der Waals surface area contributed by atoms with Crippen LogP contribution in [0.1, 0.15) is 26.4 Å². The first kappa shape index (κ1) is 12.8. The molecule has 1 aliphatic heterocycles. The average molecular weight is 284 g/mol. The number of carbonyl (C=O) groups is 1. The zero-order valence-corrected chi connectivity index (χ0v) is 11.5. The number of rotatable bonds is 2. The molecule has 0 saturated heterocycles. The molecule has 2 aromatic heterocycles. The standard InChI is InChI=1S/C14H12N4OS/c15-7-11-10-3-6-17-8-12(10)20-14(11)18-13(19)9-1-4-16-5-2-9/h1-2,4-5,17H,3,6,8H2,(H,18,19). The van der Waals surface area contributed by atoms with E-state index in [1.807, 2.05) is 0 Å². The maximum Gasteiger partial charge on any atom is 0.256 e. The van der Waals surface area contributed by atoms with E-state index in [1.54, 1.807) is 24.5 Å². The van der Waals surface area contributed by atoms with Crippen LogP contribution in [0.2, 0.25) is 0 Å². The second kappa shape index (κ2) is 5.41. The van der Waals surface area contributed by atoms with Crippen molar-refractivity contribution in [3.05, 3.63) is 46.1 Å². The zero-order chi connectivity index (χ0) is 13.9. The van der Waals surface area contributed by atoms with Gasteiger partial charge in [-0.25, -0.2) is 0 Å². The van der Waals surface area contributed by atoms with Crippen molar-refractivity contribution in [1.82, 2.24) is 10.3 Å². The Morgan fingerprint density at radius 2 is 2.25 bits per heavy atom. The number of nitrogens with zero attached hydrogens (tertiary/aromatic N) is 2. The van der Waals surface area contributed by atoms with E-state index in [0.29, 0.717) is 16.1 Å². The van der Waals surface area contributed by atoms with Crippen molar-refractivity contribution in [2.24, 2.45) is 0 Å². The van der Waals surface area contributed by atoms with Gasteiger partial charge in [0.25, 0.3) is 5.91 Å². The molecule has 1 amide bonds. The smallest absolute Gasteiger partial charge is 0.256 e. The van der Waals surface area contributed by atoms with Crippen molar-refractivity contribution >= 4 is 22.2 Å². The number of hydrogen-bond acceptors (Lipinski definition) is 5. The van der Waals surface area contributed by atoms with Crippen molar-refractivity contribution in [2.75, 3.05) is 11.9 Å². The van der Waals surface area contributed by atoms with Crippen LogP contribution in [-0.2, 0) is 13.0 Å². The number of carbonyl (C=O) groups excluding carboxylic acids is 1. The highest BCUT2D eigenvalue weighted by Gasteiger charge is 2.21. The summed E-state index contributed by atoms with van der Waals surface area (Å²) in [6.07, 6.45) is 3.98. The lowest BCUT2D eigenvalue weighted by Crippen LogP contribution is -2.22. The second-order valence-electron chi connectivity index (χ2n) is 4.44. The Morgan fingerprint density at radius 1 is 1.45 bits per heavy atom. The predicted molar refractivity (Wildman–Crippen MR) is 76.6 cm³/mol. The van der Waals surface area contributed by atoms with Crippen molar-refractivity contribution in [1.29, 1.82) is 5.26 Å². The third kappa shape index (κ3) is 2.29. The second-order valence-corrected chi connectivity index (χ2v) is 5.54. The molecule has 5 nitrogen and oxygen atoms in total. The molecule has 0 radical (unpaired) electrons. The van der Waals surface area contributed by atoms with Crippen LogP contribution in [0.25, 0.3) is 0 Å². The van der Waals surface area contributed by atoms with E-state index in [0.717, 1.165) is 30.0 Å². The first-order chi connectivity index (χ1) is 9.79. The number of amides is 1. The number of thiophene rings is 1. The Bertz CT molecular complexity index is 687. The Morgan fingerprint density at radius 3 is 3.00 bits per heavy atom. The van der Waals surface area contributed by atoms with Gasteiger partial charge in [-0.15, -0.1) is 11.3 Å². The fraction of sp³-hybridized carbons (Fsp3) is 0.214. The SMILES string of the molecule is N#Cc1c(NC(=O)c2ccncc2)sc2c1CCNC2. The van der Waals surface area contributed by atoms with Crippen molar-refractivity contribution < 1.29 is 4.79 Å². The van der Waals surface area contributed by atoms with Crippen molar-refractivity contribution in [2.45, 2.75) is 13.0 Å². The third-order valence-electron chi connectivity index (χ3n) is 3.21. The number of nitrogens with one attached hydrogen (secondary N) is 2. The molecule has 3 heterocycles. The maximum atomic E-state index is 12.1. The van der Waals surface area contributed by atoms with Crippen LogP contribution >= 0.6 is 11.3 Å². The first-order valence-electron chi connectivity index (χ1n) is 6.26. The molecule has 0 saturated carbocycles. The quantitative estimate of drug-likeness (QED) is 0.883. The van der Waals surface area contributed by atoms with E-state index < -0.39 is 0 Å². The summed E-state index contributed by atoms with van der Waals surface area (Å²) < 4.78 is 0. The minimum Gasteiger partial charge on any atom is -0.312 e. The molecule has 0 aromatic carbocycles. The molecule has 0 fully saturated rings. The summed E-state index contributed by atoms with van der Waals surface area (Å²) in [5.41, 5.74) is 2.21. The number of fused-ring (bicyclic) bond motifs is 1. The monoisotopic (exact) mass is 284 g/mol. The molecule has 6 heteroatoms. The molecule has 100 valence electrons. The van der Waals surface area contributed by atoms with E-state index in [2.05, 4.69) is 21.7 Å². The van der Waals surface area contributed by atoms with Crippen LogP contribution in [0, 0.1) is 11.3 Å². The van der Waals surface area contributed by atoms with Gasteiger partial charge in [-0.2, -0.15) is 5.26 Å². The molecule has 3 rings (SSSR count). The molecule has 0 spiro atoms. The number of pyridine rings is 1. The molecule has 0 unspecified atom stereocenters. The van der Waals surface area contributed by atoms with Gasteiger partial charge in [0.15, 0.2) is 0 Å². The lowest BCUT2D eigenvalue weighted by Gasteiger charge is -2.11. The van der Waals surface area contributed by atoms with E-state index in [4.69, 9.17) is 0 Å². The molecule has 20 heavy (non-hydrogen) atoms. The first-order valence-corrected chi connectivity index (χ1v) is 7.08. The van der Waals surface area contributed by atoms with Gasteiger partial charge < -0.3 is 10.6 Å². The average Bonchev–Trinajstić information content (AvgIpc) is 2.85. The number of hydrogen-bond donors (Lipinski definition) is 2. The number of aromatic nitrogens is 1. The van der Waals surface area contributed by atoms with Gasteiger partial charge in [-0.3, -0.25) is 9.78 Å². The molecule has 2 N–H and O–H groups in total. The van der Waals surface area contributed by atoms with Crippen LogP contribution < -0.4 is 10.6 Å². The van der Waals surface area contributed by atoms with Gasteiger partial charge in [-0.05, 0) is 30.7 Å². The topological polar surface area (TPSA) is 77.8 Å². The summed E-state index contributed by atoms with van der Waals surface area (Å²) in [4.78, 5) is 17.2. The van der Waals surface area contributed by atoms with E-state index in [1.165, 1.54) is 11.3 Å². The van der Waals surface area contributed by atoms with Gasteiger partial charge in [0.2, 0.25) is 0 Å². The Kier molecular flexibility index (Phi) is 3.46. The summed E-state index contributed by atoms with van der Waals surface area (Å²) in [7, 11) is 0. The van der Waals surface area contributed by atoms with Gasteiger partial charge in [0, 0.05) is 29.4 Å². The summed E-state index contributed by atoms with van der Waals surface area (Å²) in [5, 5.41) is 16.1. The van der Waals surface area contributed by atoms with Gasteiger partial charge in [-0.1, -0.05) is 0 Å². The van der Waals surface area contributed by atoms with E-state index in [-0.39, 0.29) is 5.91 Å². The van der Waals surface area contributed by atoms with Crippen LogP contribution in [0.3, 0.4) is 0 Å². The highest BCUT2D eigenvalue weighted by atomic mass is 32.1. The van der Waals surface area contributed by atoms with Crippen LogP contribution in [0.4, 0.5) is 5.00 Å². The van der Waals surface area contributed by atoms with Crippen molar-refractivity contribution in [3.63, 3.8) is 0 Å². The third-order valence-corrected chi connectivity index (χ3v) is 4.36. The van der Waals surface area contributed by atoms with Gasteiger partial charge in [0.1, 0.15) is 11.1 Å². The Hall–Kier alpha value is -2.23. The molecule has 0 atom stereocenters. The van der Waals surface area contributed by atoms with Gasteiger partial charge >= 0.3 is 0 Å². The molecule has 1 aliphatic rings. The summed E-state index contributed by atoms with van der Waals surface area (Å²) in [6.45, 7) is 1.63. The van der Waals surface area contributed by atoms with Crippen molar-refractivity contribution in [3.8, 4) is 6.07 Å². The van der Waals surface area contributed by atoms with Crippen LogP contribution in [-0.4, -0.2) is 17.4 Å². The lowest BCUT2D eigenvalue weighted by molar-refractivity contribution is 0.102. The molecule has 2 aromatic rings. The maximum absolute atomic E-state index is 12.1. The van der Waals surface area contributed by atoms with E-state index in [9.17, 15) is 10.1 Å². The number of nitriles is 1.